The molecule has 0 radical (unpaired) electrons. The summed E-state index contributed by atoms with van der Waals surface area (Å²) in [6.07, 6.45) is 2.97. The third-order valence-electron chi connectivity index (χ3n) is 5.26. The van der Waals surface area contributed by atoms with E-state index in [9.17, 15) is 9.18 Å². The lowest BCUT2D eigenvalue weighted by atomic mass is 10.1. The molecule has 1 aromatic heterocycles. The molecule has 0 spiro atoms. The van der Waals surface area contributed by atoms with Crippen LogP contribution < -0.4 is 5.32 Å². The number of aromatic nitrogens is 2. The smallest absolute Gasteiger partial charge is 0.256 e. The molecule has 1 amide bonds. The number of hydrogen-bond acceptors (Lipinski definition) is 4. The number of benzene rings is 1. The van der Waals surface area contributed by atoms with Gasteiger partial charge in [-0.05, 0) is 45.7 Å². The summed E-state index contributed by atoms with van der Waals surface area (Å²) in [6, 6.07) is 3.08. The van der Waals surface area contributed by atoms with Crippen molar-refractivity contribution in [2.45, 2.75) is 45.2 Å². The molecule has 5 nitrogen and oxygen atoms in total. The Labute approximate surface area is 140 Å². The van der Waals surface area contributed by atoms with Crippen LogP contribution in [0.2, 0.25) is 0 Å². The molecule has 2 aliphatic heterocycles. The highest BCUT2D eigenvalue weighted by molar-refractivity contribution is 6.05. The fourth-order valence-electron chi connectivity index (χ4n) is 3.91. The molecular weight excluding hydrogens is 307 g/mol. The van der Waals surface area contributed by atoms with Crippen molar-refractivity contribution >= 4 is 16.9 Å². The van der Waals surface area contributed by atoms with E-state index >= 15 is 0 Å². The first-order valence-electron chi connectivity index (χ1n) is 8.52. The van der Waals surface area contributed by atoms with Crippen molar-refractivity contribution < 1.29 is 9.18 Å². The second-order valence-electron chi connectivity index (χ2n) is 6.81. The number of hydrogen-bond donors (Lipinski definition) is 1. The van der Waals surface area contributed by atoms with Gasteiger partial charge in [0, 0.05) is 24.7 Å². The second-order valence-corrected chi connectivity index (χ2v) is 6.81. The molecule has 6 heteroatoms. The van der Waals surface area contributed by atoms with Crippen LogP contribution in [0.25, 0.3) is 11.0 Å². The first kappa shape index (κ1) is 15.4. The summed E-state index contributed by atoms with van der Waals surface area (Å²) >= 11 is 0. The van der Waals surface area contributed by atoms with Crippen molar-refractivity contribution in [2.75, 3.05) is 13.1 Å². The summed E-state index contributed by atoms with van der Waals surface area (Å²) in [5, 5.41) is 3.38. The largest absolute Gasteiger partial charge is 0.331 e. The van der Waals surface area contributed by atoms with Gasteiger partial charge in [0.05, 0.1) is 22.5 Å². The number of fused-ring (bicyclic) bond motifs is 3. The van der Waals surface area contributed by atoms with Gasteiger partial charge in [-0.25, -0.2) is 14.4 Å². The number of nitrogens with one attached hydrogen (secondary N) is 1. The first-order valence-corrected chi connectivity index (χ1v) is 8.52. The normalized spacial score (nSPS) is 23.5. The summed E-state index contributed by atoms with van der Waals surface area (Å²) < 4.78 is 14.1. The van der Waals surface area contributed by atoms with Crippen LogP contribution in [0.5, 0.6) is 0 Å². The maximum atomic E-state index is 14.1. The van der Waals surface area contributed by atoms with Crippen molar-refractivity contribution in [1.82, 2.24) is 20.2 Å². The van der Waals surface area contributed by atoms with Crippen molar-refractivity contribution in [3.05, 3.63) is 34.9 Å². The summed E-state index contributed by atoms with van der Waals surface area (Å²) in [7, 11) is 0. The minimum absolute atomic E-state index is 0.117. The van der Waals surface area contributed by atoms with Gasteiger partial charge in [-0.3, -0.25) is 4.79 Å². The van der Waals surface area contributed by atoms with Crippen LogP contribution in [0.1, 0.15) is 41.0 Å². The van der Waals surface area contributed by atoms with E-state index in [0.29, 0.717) is 16.6 Å². The standard InChI is InChI=1S/C18H21FN4O/c1-10-11(2)22-17-15(7-12(19)8-16(17)21-10)18(24)23-13-3-4-14(23)9-20-6-5-13/h7-8,13-14,20H,3-6,9H2,1-2H3. The van der Waals surface area contributed by atoms with Crippen LogP contribution in [0, 0.1) is 19.7 Å². The predicted octanol–water partition coefficient (Wildman–Crippen LogP) is 2.35. The van der Waals surface area contributed by atoms with Gasteiger partial charge in [0.15, 0.2) is 0 Å². The number of carbonyl (C=O) groups is 1. The fourth-order valence-corrected chi connectivity index (χ4v) is 3.91. The number of aryl methyl sites for hydroxylation is 2. The quantitative estimate of drug-likeness (QED) is 0.873. The Morgan fingerprint density at radius 3 is 2.75 bits per heavy atom. The highest BCUT2D eigenvalue weighted by Crippen LogP contribution is 2.31. The van der Waals surface area contributed by atoms with Gasteiger partial charge in [-0.2, -0.15) is 0 Å². The van der Waals surface area contributed by atoms with Gasteiger partial charge in [-0.15, -0.1) is 0 Å². The molecule has 2 aromatic rings. The van der Waals surface area contributed by atoms with Gasteiger partial charge >= 0.3 is 0 Å². The summed E-state index contributed by atoms with van der Waals surface area (Å²) in [5.41, 5.74) is 2.80. The number of rotatable bonds is 1. The van der Waals surface area contributed by atoms with E-state index in [1.165, 1.54) is 12.1 Å². The fraction of sp³-hybridized carbons (Fsp3) is 0.500. The number of nitrogens with zero attached hydrogens (tertiary/aromatic N) is 3. The molecule has 2 atom stereocenters. The van der Waals surface area contributed by atoms with Crippen molar-refractivity contribution in [3.8, 4) is 0 Å². The molecule has 2 aliphatic rings. The molecule has 1 N–H and O–H groups in total. The summed E-state index contributed by atoms with van der Waals surface area (Å²) in [6.45, 7) is 5.43. The lowest BCUT2D eigenvalue weighted by molar-refractivity contribution is 0.0681. The summed E-state index contributed by atoms with van der Waals surface area (Å²) in [4.78, 5) is 24.1. The molecule has 0 aliphatic carbocycles. The predicted molar refractivity (Wildman–Crippen MR) is 89.4 cm³/mol. The monoisotopic (exact) mass is 328 g/mol. The maximum absolute atomic E-state index is 14.1. The van der Waals surface area contributed by atoms with E-state index in [0.717, 1.165) is 43.7 Å². The Balaban J connectivity index is 1.83. The summed E-state index contributed by atoms with van der Waals surface area (Å²) in [5.74, 6) is -0.558. The first-order chi connectivity index (χ1) is 11.5. The van der Waals surface area contributed by atoms with Crippen LogP contribution in [0.3, 0.4) is 0 Å². The van der Waals surface area contributed by atoms with Crippen LogP contribution in [-0.4, -0.2) is 45.9 Å². The van der Waals surface area contributed by atoms with Crippen LogP contribution in [-0.2, 0) is 0 Å². The van der Waals surface area contributed by atoms with Crippen molar-refractivity contribution in [2.24, 2.45) is 0 Å². The molecule has 0 saturated carbocycles. The van der Waals surface area contributed by atoms with Gasteiger partial charge < -0.3 is 10.2 Å². The Morgan fingerprint density at radius 1 is 1.17 bits per heavy atom. The number of amides is 1. The zero-order chi connectivity index (χ0) is 16.8. The molecule has 2 unspecified atom stereocenters. The van der Waals surface area contributed by atoms with Crippen molar-refractivity contribution in [1.29, 1.82) is 0 Å². The van der Waals surface area contributed by atoms with Crippen LogP contribution in [0.15, 0.2) is 12.1 Å². The Hall–Kier alpha value is -2.08. The van der Waals surface area contributed by atoms with Crippen LogP contribution in [0.4, 0.5) is 4.39 Å². The zero-order valence-electron chi connectivity index (χ0n) is 14.0. The highest BCUT2D eigenvalue weighted by atomic mass is 19.1. The number of carbonyl (C=O) groups excluding carboxylic acids is 1. The highest BCUT2D eigenvalue weighted by Gasteiger charge is 2.39. The molecular formula is C18H21FN4O. The zero-order valence-corrected chi connectivity index (χ0v) is 14.0. The van der Waals surface area contributed by atoms with Crippen molar-refractivity contribution in [3.63, 3.8) is 0 Å². The minimum atomic E-state index is -0.441. The van der Waals surface area contributed by atoms with E-state index < -0.39 is 5.82 Å². The van der Waals surface area contributed by atoms with E-state index in [-0.39, 0.29) is 18.0 Å². The molecule has 126 valence electrons. The third kappa shape index (κ3) is 2.45. The minimum Gasteiger partial charge on any atom is -0.331 e. The van der Waals surface area contributed by atoms with E-state index in [1.807, 2.05) is 18.7 Å². The Morgan fingerprint density at radius 2 is 1.92 bits per heavy atom. The van der Waals surface area contributed by atoms with Gasteiger partial charge in [0.1, 0.15) is 11.3 Å². The van der Waals surface area contributed by atoms with Crippen LogP contribution >= 0.6 is 0 Å². The Kier molecular flexibility index (Phi) is 3.72. The molecule has 1 aromatic carbocycles. The molecule has 24 heavy (non-hydrogen) atoms. The topological polar surface area (TPSA) is 58.1 Å². The lowest BCUT2D eigenvalue weighted by Crippen LogP contribution is -2.42. The van der Waals surface area contributed by atoms with E-state index in [1.54, 1.807) is 0 Å². The Bertz CT molecular complexity index is 808. The molecule has 2 saturated heterocycles. The maximum Gasteiger partial charge on any atom is 0.256 e. The SMILES string of the molecule is Cc1nc2cc(F)cc(C(=O)N3C4CCNCC3CC4)c2nc1C. The molecule has 2 bridgehead atoms. The molecule has 2 fully saturated rings. The van der Waals surface area contributed by atoms with E-state index in [4.69, 9.17) is 0 Å². The molecule has 4 rings (SSSR count). The van der Waals surface area contributed by atoms with Gasteiger partial charge in [0.25, 0.3) is 5.91 Å². The molecule has 3 heterocycles. The van der Waals surface area contributed by atoms with E-state index in [2.05, 4.69) is 15.3 Å². The second kappa shape index (κ2) is 5.77. The van der Waals surface area contributed by atoms with Gasteiger partial charge in [-0.1, -0.05) is 0 Å². The average molecular weight is 328 g/mol. The van der Waals surface area contributed by atoms with Gasteiger partial charge in [0.2, 0.25) is 0 Å². The number of halogens is 1. The third-order valence-corrected chi connectivity index (χ3v) is 5.26. The lowest BCUT2D eigenvalue weighted by Gasteiger charge is -2.28. The average Bonchev–Trinajstić information content (AvgIpc) is 2.80.